The van der Waals surface area contributed by atoms with Crippen LogP contribution in [0.25, 0.3) is 0 Å². The number of hydrogen-bond donors (Lipinski definition) is 4. The van der Waals surface area contributed by atoms with E-state index in [0.717, 1.165) is 17.0 Å². The molecule has 208 valence electrons. The van der Waals surface area contributed by atoms with Gasteiger partial charge in [0.2, 0.25) is 5.91 Å². The van der Waals surface area contributed by atoms with Gasteiger partial charge in [0.15, 0.2) is 0 Å². The van der Waals surface area contributed by atoms with E-state index in [1.165, 1.54) is 13.2 Å². The normalized spacial score (nSPS) is 16.1. The SMILES string of the molecule is CCC[C@@H](NC(=O)N1CC(NO)=NC[C@H](Cc2cc(Cl)ccc2OC)C1=O)c1ccc(C(=O)O)c([N+](=O)[O-])c1. The van der Waals surface area contributed by atoms with E-state index in [-0.39, 0.29) is 25.3 Å². The fraction of sp³-hybridized carbons (Fsp3) is 0.360. The Kier molecular flexibility index (Phi) is 9.79. The first kappa shape index (κ1) is 29.3. The van der Waals surface area contributed by atoms with E-state index >= 15 is 0 Å². The predicted octanol–water partition coefficient (Wildman–Crippen LogP) is 3.58. The number of halogens is 1. The number of carboxylic acid groups (broad SMARTS) is 1. The molecule has 1 aliphatic rings. The Morgan fingerprint density at radius 3 is 2.67 bits per heavy atom. The smallest absolute Gasteiger partial charge is 0.342 e. The first-order chi connectivity index (χ1) is 18.6. The second-order valence-corrected chi connectivity index (χ2v) is 9.25. The van der Waals surface area contributed by atoms with Gasteiger partial charge in [-0.1, -0.05) is 31.0 Å². The number of carbonyl (C=O) groups is 3. The van der Waals surface area contributed by atoms with Gasteiger partial charge in [0.1, 0.15) is 17.1 Å². The molecule has 0 aliphatic carbocycles. The molecule has 3 amide bonds. The second kappa shape index (κ2) is 13.0. The second-order valence-electron chi connectivity index (χ2n) is 8.81. The number of aromatic carboxylic acids is 1. The van der Waals surface area contributed by atoms with E-state index in [1.807, 2.05) is 12.4 Å². The van der Waals surface area contributed by atoms with Gasteiger partial charge in [-0.3, -0.25) is 35.5 Å². The summed E-state index contributed by atoms with van der Waals surface area (Å²) in [5, 5.41) is 33.4. The van der Waals surface area contributed by atoms with Crippen LogP contribution >= 0.6 is 11.6 Å². The van der Waals surface area contributed by atoms with Crippen LogP contribution in [0.5, 0.6) is 5.75 Å². The van der Waals surface area contributed by atoms with Crippen molar-refractivity contribution in [2.45, 2.75) is 32.2 Å². The minimum absolute atomic E-state index is 0.00690. The number of benzene rings is 2. The van der Waals surface area contributed by atoms with E-state index < -0.39 is 46.0 Å². The first-order valence-corrected chi connectivity index (χ1v) is 12.4. The zero-order valence-electron chi connectivity index (χ0n) is 21.2. The number of aliphatic imine (C=N–C) groups is 1. The van der Waals surface area contributed by atoms with Crippen LogP contribution in [-0.4, -0.2) is 64.1 Å². The topological polar surface area (TPSA) is 184 Å². The Labute approximate surface area is 228 Å². The number of nitrogens with zero attached hydrogens (tertiary/aromatic N) is 3. The molecule has 2 atom stereocenters. The number of urea groups is 1. The van der Waals surface area contributed by atoms with Crippen LogP contribution in [0.2, 0.25) is 5.02 Å². The summed E-state index contributed by atoms with van der Waals surface area (Å²) in [6, 6.07) is 6.98. The zero-order chi connectivity index (χ0) is 28.7. The number of rotatable bonds is 9. The van der Waals surface area contributed by atoms with Gasteiger partial charge in [0.05, 0.1) is 37.1 Å². The molecule has 14 heteroatoms. The highest BCUT2D eigenvalue weighted by atomic mass is 35.5. The number of nitrogens with one attached hydrogen (secondary N) is 2. The van der Waals surface area contributed by atoms with Gasteiger partial charge in [-0.15, -0.1) is 0 Å². The Bertz CT molecular complexity index is 1300. The van der Waals surface area contributed by atoms with Crippen molar-refractivity contribution in [1.29, 1.82) is 0 Å². The zero-order valence-corrected chi connectivity index (χ0v) is 22.0. The van der Waals surface area contributed by atoms with E-state index in [1.54, 1.807) is 18.2 Å². The van der Waals surface area contributed by atoms with Crippen LogP contribution in [0, 0.1) is 16.0 Å². The standard InChI is InChI=1S/C25H28ClN5O8/c1-3-4-19(14-5-7-18(24(33)34)20(11-14)31(37)38)28-25(35)30-13-22(29-36)27-12-16(23(30)32)9-15-10-17(26)6-8-21(15)39-2/h5-8,10-11,16,19,36H,3-4,9,12-13H2,1-2H3,(H,27,29)(H,28,35)(H,33,34)/t16-,19+/m0/s1. The molecule has 2 aromatic carbocycles. The molecule has 0 bridgehead atoms. The summed E-state index contributed by atoms with van der Waals surface area (Å²) >= 11 is 6.13. The molecular formula is C25H28ClN5O8. The molecule has 13 nitrogen and oxygen atoms in total. The predicted molar refractivity (Wildman–Crippen MR) is 140 cm³/mol. The fourth-order valence-electron chi connectivity index (χ4n) is 4.30. The highest BCUT2D eigenvalue weighted by Crippen LogP contribution is 2.29. The largest absolute Gasteiger partial charge is 0.496 e. The summed E-state index contributed by atoms with van der Waals surface area (Å²) in [4.78, 5) is 54.1. The molecule has 0 radical (unpaired) electrons. The maximum atomic E-state index is 13.5. The number of carbonyl (C=O) groups excluding carboxylic acids is 2. The molecule has 0 saturated heterocycles. The number of ether oxygens (including phenoxy) is 1. The minimum atomic E-state index is -1.45. The highest BCUT2D eigenvalue weighted by Gasteiger charge is 2.34. The Balaban J connectivity index is 1.90. The summed E-state index contributed by atoms with van der Waals surface area (Å²) in [5.41, 5.74) is 1.75. The van der Waals surface area contributed by atoms with Crippen molar-refractivity contribution in [3.63, 3.8) is 0 Å². The monoisotopic (exact) mass is 561 g/mol. The third kappa shape index (κ3) is 7.00. The quantitative estimate of drug-likeness (QED) is 0.262. The average molecular weight is 562 g/mol. The molecule has 0 saturated carbocycles. The third-order valence-electron chi connectivity index (χ3n) is 6.23. The molecule has 39 heavy (non-hydrogen) atoms. The Morgan fingerprint density at radius 2 is 2.05 bits per heavy atom. The number of amidine groups is 1. The van der Waals surface area contributed by atoms with Crippen molar-refractivity contribution in [2.24, 2.45) is 10.9 Å². The number of nitro groups is 1. The lowest BCUT2D eigenvalue weighted by Gasteiger charge is -2.26. The summed E-state index contributed by atoms with van der Waals surface area (Å²) in [5.74, 6) is -2.32. The maximum absolute atomic E-state index is 13.5. The molecule has 2 aromatic rings. The van der Waals surface area contributed by atoms with Crippen molar-refractivity contribution >= 4 is 41.0 Å². The van der Waals surface area contributed by atoms with Crippen LogP contribution in [0.4, 0.5) is 10.5 Å². The first-order valence-electron chi connectivity index (χ1n) is 12.0. The Morgan fingerprint density at radius 1 is 1.31 bits per heavy atom. The Hall–Kier alpha value is -4.23. The molecule has 0 fully saturated rings. The maximum Gasteiger partial charge on any atom is 0.342 e. The van der Waals surface area contributed by atoms with Crippen LogP contribution in [0.1, 0.15) is 47.3 Å². The van der Waals surface area contributed by atoms with E-state index in [9.17, 15) is 34.8 Å². The van der Waals surface area contributed by atoms with Gasteiger partial charge in [0, 0.05) is 11.1 Å². The molecule has 0 unspecified atom stereocenters. The average Bonchev–Trinajstić information content (AvgIpc) is 3.06. The van der Waals surface area contributed by atoms with E-state index in [2.05, 4.69) is 10.3 Å². The number of imide groups is 1. The third-order valence-corrected chi connectivity index (χ3v) is 6.47. The van der Waals surface area contributed by atoms with Crippen molar-refractivity contribution < 1.29 is 34.4 Å². The molecular weight excluding hydrogens is 534 g/mol. The highest BCUT2D eigenvalue weighted by molar-refractivity contribution is 6.30. The van der Waals surface area contributed by atoms with E-state index in [4.69, 9.17) is 16.3 Å². The lowest BCUT2D eigenvalue weighted by Crippen LogP contribution is -2.50. The number of nitro benzene ring substituents is 1. The summed E-state index contributed by atoms with van der Waals surface area (Å²) in [7, 11) is 1.48. The lowest BCUT2D eigenvalue weighted by molar-refractivity contribution is -0.385. The number of hydroxylamine groups is 1. The number of methoxy groups -OCH3 is 1. The summed E-state index contributed by atoms with van der Waals surface area (Å²) < 4.78 is 5.37. The van der Waals surface area contributed by atoms with Crippen molar-refractivity contribution in [1.82, 2.24) is 15.7 Å². The fourth-order valence-corrected chi connectivity index (χ4v) is 4.49. The van der Waals surface area contributed by atoms with Gasteiger partial charge in [-0.2, -0.15) is 0 Å². The number of amides is 3. The van der Waals surface area contributed by atoms with Crippen LogP contribution in [0.3, 0.4) is 0 Å². The molecule has 0 spiro atoms. The van der Waals surface area contributed by atoms with Crippen molar-refractivity contribution in [3.05, 3.63) is 68.2 Å². The van der Waals surface area contributed by atoms with Crippen molar-refractivity contribution in [3.8, 4) is 5.75 Å². The minimum Gasteiger partial charge on any atom is -0.496 e. The summed E-state index contributed by atoms with van der Waals surface area (Å²) in [6.07, 6.45) is 1.06. The number of hydrogen-bond acceptors (Lipinski definition) is 9. The summed E-state index contributed by atoms with van der Waals surface area (Å²) in [6.45, 7) is 1.47. The molecule has 3 rings (SSSR count). The van der Waals surface area contributed by atoms with Gasteiger partial charge in [-0.05, 0) is 48.2 Å². The van der Waals surface area contributed by atoms with Crippen LogP contribution in [-0.2, 0) is 11.2 Å². The van der Waals surface area contributed by atoms with Gasteiger partial charge in [-0.25, -0.2) is 9.59 Å². The molecule has 1 aliphatic heterocycles. The van der Waals surface area contributed by atoms with Crippen molar-refractivity contribution in [2.75, 3.05) is 20.2 Å². The molecule has 4 N–H and O–H groups in total. The number of carboxylic acids is 1. The molecule has 1 heterocycles. The van der Waals surface area contributed by atoms with Crippen LogP contribution < -0.4 is 15.5 Å². The van der Waals surface area contributed by atoms with Gasteiger partial charge in [0.25, 0.3) is 5.69 Å². The van der Waals surface area contributed by atoms with E-state index in [0.29, 0.717) is 34.7 Å². The molecule has 0 aromatic heterocycles. The van der Waals surface area contributed by atoms with Gasteiger partial charge < -0.3 is 15.2 Å². The van der Waals surface area contributed by atoms with Gasteiger partial charge >= 0.3 is 12.0 Å². The van der Waals surface area contributed by atoms with Crippen LogP contribution in [0.15, 0.2) is 41.4 Å². The lowest BCUT2D eigenvalue weighted by atomic mass is 9.97.